The Bertz CT molecular complexity index is 127. The Hall–Kier alpha value is 0.0300. The van der Waals surface area contributed by atoms with Crippen LogP contribution < -0.4 is 0 Å². The molecule has 2 fully saturated rings. The third kappa shape index (κ3) is 1.14. The van der Waals surface area contributed by atoms with Crippen LogP contribution in [-0.4, -0.2) is 0 Å². The predicted octanol–water partition coefficient (Wildman–Crippen LogP) is 2.93. The number of hydrogen-bond acceptors (Lipinski definition) is 0. The molecule has 0 unspecified atom stereocenters. The first-order chi connectivity index (χ1) is 4.42. The molecule has 2 aliphatic carbocycles. The number of allylic oxidation sites excluding steroid dienone is 1. The van der Waals surface area contributed by atoms with Gasteiger partial charge in [-0.15, -0.1) is 0 Å². The highest BCUT2D eigenvalue weighted by Gasteiger charge is 2.35. The molecule has 0 heterocycles. The van der Waals surface area contributed by atoms with Crippen molar-refractivity contribution in [2.24, 2.45) is 11.8 Å². The van der Waals surface area contributed by atoms with Crippen LogP contribution in [0.25, 0.3) is 0 Å². The van der Waals surface area contributed by atoms with Gasteiger partial charge in [-0.3, -0.25) is 0 Å². The molecule has 2 rings (SSSR count). The fourth-order valence-corrected chi connectivity index (χ4v) is 1.70. The van der Waals surface area contributed by atoms with Crippen molar-refractivity contribution in [1.82, 2.24) is 0 Å². The van der Waals surface area contributed by atoms with Crippen molar-refractivity contribution >= 4 is 11.6 Å². The Morgan fingerprint density at radius 3 is 1.78 bits per heavy atom. The van der Waals surface area contributed by atoms with E-state index in [9.17, 15) is 0 Å². The van der Waals surface area contributed by atoms with Gasteiger partial charge in [0.25, 0.3) is 0 Å². The summed E-state index contributed by atoms with van der Waals surface area (Å²) in [5.74, 6) is 1.80. The van der Waals surface area contributed by atoms with Crippen LogP contribution in [-0.2, 0) is 0 Å². The van der Waals surface area contributed by atoms with Crippen LogP contribution in [0.3, 0.4) is 0 Å². The summed E-state index contributed by atoms with van der Waals surface area (Å²) in [6.45, 7) is 0. The van der Waals surface area contributed by atoms with Crippen LogP contribution in [0.5, 0.6) is 0 Å². The van der Waals surface area contributed by atoms with Crippen LogP contribution >= 0.6 is 11.6 Å². The van der Waals surface area contributed by atoms with E-state index in [1.807, 2.05) is 5.54 Å². The third-order valence-corrected chi connectivity index (χ3v) is 2.48. The van der Waals surface area contributed by atoms with E-state index in [-0.39, 0.29) is 0 Å². The molecule has 0 spiro atoms. The van der Waals surface area contributed by atoms with Crippen molar-refractivity contribution < 1.29 is 0 Å². The second-order valence-corrected chi connectivity index (χ2v) is 3.38. The first-order valence-electron chi connectivity index (χ1n) is 3.72. The first-order valence-corrected chi connectivity index (χ1v) is 4.15. The molecule has 0 atom stereocenters. The molecular weight excluding hydrogens is 132 g/mol. The smallest absolute Gasteiger partial charge is 0.00400 e. The van der Waals surface area contributed by atoms with Crippen molar-refractivity contribution in [3.63, 3.8) is 0 Å². The minimum Gasteiger partial charge on any atom is -0.0930 e. The Morgan fingerprint density at radius 1 is 1.11 bits per heavy atom. The maximum absolute atomic E-state index is 5.68. The predicted molar refractivity (Wildman–Crippen MR) is 39.4 cm³/mol. The summed E-state index contributed by atoms with van der Waals surface area (Å²) in [5.41, 5.74) is 3.38. The van der Waals surface area contributed by atoms with Crippen LogP contribution in [0.1, 0.15) is 25.7 Å². The molecule has 50 valence electrons. The second-order valence-electron chi connectivity index (χ2n) is 3.16. The van der Waals surface area contributed by atoms with E-state index in [1.54, 1.807) is 5.57 Å². The van der Waals surface area contributed by atoms with Gasteiger partial charge >= 0.3 is 0 Å². The molecule has 0 aromatic carbocycles. The highest BCUT2D eigenvalue weighted by molar-refractivity contribution is 6.25. The van der Waals surface area contributed by atoms with E-state index in [4.69, 9.17) is 11.6 Å². The highest BCUT2D eigenvalue weighted by atomic mass is 35.5. The zero-order valence-corrected chi connectivity index (χ0v) is 6.19. The topological polar surface area (TPSA) is 0 Å². The zero-order chi connectivity index (χ0) is 6.27. The summed E-state index contributed by atoms with van der Waals surface area (Å²) in [5, 5.41) is 0. The minimum atomic E-state index is 0.898. The summed E-state index contributed by atoms with van der Waals surface area (Å²) in [6, 6.07) is 0. The fraction of sp³-hybridized carbons (Fsp3) is 0.750. The summed E-state index contributed by atoms with van der Waals surface area (Å²) < 4.78 is 0. The molecule has 0 aliphatic heterocycles. The average molecular weight is 143 g/mol. The Morgan fingerprint density at radius 2 is 1.56 bits per heavy atom. The van der Waals surface area contributed by atoms with E-state index in [0.717, 1.165) is 11.8 Å². The molecule has 0 aromatic rings. The normalized spacial score (nSPS) is 25.9. The lowest BCUT2D eigenvalue weighted by molar-refractivity contribution is 0.861. The monoisotopic (exact) mass is 142 g/mol. The molecule has 1 heteroatoms. The molecule has 0 N–H and O–H groups in total. The quantitative estimate of drug-likeness (QED) is 0.556. The number of halogens is 1. The summed E-state index contributed by atoms with van der Waals surface area (Å²) in [6.07, 6.45) is 5.59. The van der Waals surface area contributed by atoms with Gasteiger partial charge in [-0.1, -0.05) is 17.2 Å². The van der Waals surface area contributed by atoms with Gasteiger partial charge in [0.15, 0.2) is 0 Å². The van der Waals surface area contributed by atoms with Gasteiger partial charge in [-0.25, -0.2) is 0 Å². The Kier molecular flexibility index (Phi) is 1.30. The standard InChI is InChI=1S/C8H11Cl/c9-5-8(6-1-2-6)7-3-4-7/h5-7H,1-4H2. The second kappa shape index (κ2) is 2.02. The maximum Gasteiger partial charge on any atom is 0.00400 e. The highest BCUT2D eigenvalue weighted by Crippen LogP contribution is 2.48. The molecule has 0 amide bonds. The fourth-order valence-electron chi connectivity index (χ4n) is 1.34. The summed E-state index contributed by atoms with van der Waals surface area (Å²) in [4.78, 5) is 0. The van der Waals surface area contributed by atoms with E-state index in [1.165, 1.54) is 25.7 Å². The molecule has 2 aliphatic rings. The number of hydrogen-bond donors (Lipinski definition) is 0. The molecule has 9 heavy (non-hydrogen) atoms. The van der Waals surface area contributed by atoms with E-state index < -0.39 is 0 Å². The van der Waals surface area contributed by atoms with Gasteiger partial charge in [0.05, 0.1) is 0 Å². The first kappa shape index (κ1) is 5.79. The third-order valence-electron chi connectivity index (χ3n) is 2.22. The lowest BCUT2D eigenvalue weighted by Crippen LogP contribution is -1.85. The SMILES string of the molecule is ClC=C(C1CC1)C1CC1. The largest absolute Gasteiger partial charge is 0.0930 e. The zero-order valence-electron chi connectivity index (χ0n) is 5.44. The summed E-state index contributed by atoms with van der Waals surface area (Å²) in [7, 11) is 0. The molecule has 0 nitrogen and oxygen atoms in total. The van der Waals surface area contributed by atoms with Crippen LogP contribution in [0.4, 0.5) is 0 Å². The van der Waals surface area contributed by atoms with Crippen LogP contribution in [0, 0.1) is 11.8 Å². The van der Waals surface area contributed by atoms with Crippen molar-refractivity contribution in [3.05, 3.63) is 11.1 Å². The molecule has 0 saturated heterocycles. The van der Waals surface area contributed by atoms with E-state index in [0.29, 0.717) is 0 Å². The Balaban J connectivity index is 2.01. The van der Waals surface area contributed by atoms with Crippen molar-refractivity contribution in [2.45, 2.75) is 25.7 Å². The molecule has 0 aromatic heterocycles. The minimum absolute atomic E-state index is 0.898. The van der Waals surface area contributed by atoms with E-state index in [2.05, 4.69) is 0 Å². The van der Waals surface area contributed by atoms with Gasteiger partial charge < -0.3 is 0 Å². The van der Waals surface area contributed by atoms with Crippen molar-refractivity contribution in [2.75, 3.05) is 0 Å². The average Bonchev–Trinajstić information content (AvgIpc) is 2.61. The van der Waals surface area contributed by atoms with Crippen LogP contribution in [0.15, 0.2) is 11.1 Å². The Labute approximate surface area is 60.9 Å². The van der Waals surface area contributed by atoms with Gasteiger partial charge in [0, 0.05) is 5.54 Å². The summed E-state index contributed by atoms with van der Waals surface area (Å²) >= 11 is 5.68. The molecular formula is C8H11Cl. The lowest BCUT2D eigenvalue weighted by atomic mass is 10.1. The van der Waals surface area contributed by atoms with Crippen molar-refractivity contribution in [1.29, 1.82) is 0 Å². The van der Waals surface area contributed by atoms with Gasteiger partial charge in [0.2, 0.25) is 0 Å². The molecule has 0 bridgehead atoms. The van der Waals surface area contributed by atoms with Gasteiger partial charge in [0.1, 0.15) is 0 Å². The van der Waals surface area contributed by atoms with Crippen molar-refractivity contribution in [3.8, 4) is 0 Å². The van der Waals surface area contributed by atoms with Crippen LogP contribution in [0.2, 0.25) is 0 Å². The lowest BCUT2D eigenvalue weighted by Gasteiger charge is -1.97. The molecule has 0 radical (unpaired) electrons. The van der Waals surface area contributed by atoms with Gasteiger partial charge in [-0.2, -0.15) is 0 Å². The molecule has 2 saturated carbocycles. The number of rotatable bonds is 2. The van der Waals surface area contributed by atoms with Gasteiger partial charge in [-0.05, 0) is 37.5 Å². The maximum atomic E-state index is 5.68. The van der Waals surface area contributed by atoms with E-state index >= 15 is 0 Å².